The third kappa shape index (κ3) is 2.67. The van der Waals surface area contributed by atoms with Crippen LogP contribution in [0.1, 0.15) is 37.4 Å². The van der Waals surface area contributed by atoms with Crippen LogP contribution in [0.5, 0.6) is 11.5 Å². The van der Waals surface area contributed by atoms with Crippen LogP contribution < -0.4 is 20.3 Å². The van der Waals surface area contributed by atoms with E-state index in [0.29, 0.717) is 22.6 Å². The van der Waals surface area contributed by atoms with Gasteiger partial charge in [-0.3, -0.25) is 4.79 Å². The van der Waals surface area contributed by atoms with Gasteiger partial charge in [0.2, 0.25) is 5.91 Å². The molecule has 1 spiro atoms. The normalized spacial score (nSPS) is 14.7. The number of amides is 1. The average Bonchev–Trinajstić information content (AvgIpc) is 3.05. The number of esters is 1. The summed E-state index contributed by atoms with van der Waals surface area (Å²) < 4.78 is 12.5. The van der Waals surface area contributed by atoms with Gasteiger partial charge in [-0.15, -0.1) is 0 Å². The number of hydrogen-bond donors (Lipinski definition) is 1. The maximum absolute atomic E-state index is 13.1. The molecule has 0 aromatic heterocycles. The van der Waals surface area contributed by atoms with Crippen molar-refractivity contribution in [2.45, 2.75) is 5.60 Å². The lowest BCUT2D eigenvalue weighted by atomic mass is 9.77. The summed E-state index contributed by atoms with van der Waals surface area (Å²) in [6.07, 6.45) is 0. The molecule has 3 aromatic carbocycles. The quantitative estimate of drug-likeness (QED) is 0.642. The van der Waals surface area contributed by atoms with Gasteiger partial charge in [0, 0.05) is 74.0 Å². The van der Waals surface area contributed by atoms with Gasteiger partial charge < -0.3 is 25.0 Å². The Hall–Kier alpha value is -4.00. The van der Waals surface area contributed by atoms with Gasteiger partial charge in [0.25, 0.3) is 0 Å². The number of primary amides is 1. The number of carbonyl (C=O) groups is 2. The van der Waals surface area contributed by atoms with E-state index in [1.54, 1.807) is 12.1 Å². The number of hydrogen-bond acceptors (Lipinski definition) is 6. The predicted octanol–water partition coefficient (Wildman–Crippen LogP) is 3.49. The van der Waals surface area contributed by atoms with Gasteiger partial charge in [0.15, 0.2) is 5.60 Å². The molecule has 7 heteroatoms. The molecular weight excluding hydrogens is 406 g/mol. The average molecular weight is 429 g/mol. The summed E-state index contributed by atoms with van der Waals surface area (Å²) in [6.45, 7) is 0. The maximum atomic E-state index is 13.1. The van der Waals surface area contributed by atoms with E-state index in [-0.39, 0.29) is 5.56 Å². The first-order chi connectivity index (χ1) is 15.2. The molecule has 2 heterocycles. The summed E-state index contributed by atoms with van der Waals surface area (Å²) >= 11 is 0. The lowest BCUT2D eigenvalue weighted by Crippen LogP contribution is -2.33. The van der Waals surface area contributed by atoms with Crippen molar-refractivity contribution in [3.8, 4) is 11.5 Å². The lowest BCUT2D eigenvalue weighted by molar-refractivity contribution is 0.0224. The van der Waals surface area contributed by atoms with Gasteiger partial charge in [-0.25, -0.2) is 4.79 Å². The molecule has 0 saturated carbocycles. The van der Waals surface area contributed by atoms with E-state index in [2.05, 4.69) is 0 Å². The molecule has 0 fully saturated rings. The third-order valence-corrected chi connectivity index (χ3v) is 6.09. The van der Waals surface area contributed by atoms with Crippen LogP contribution in [0.2, 0.25) is 0 Å². The van der Waals surface area contributed by atoms with E-state index in [9.17, 15) is 9.59 Å². The number of rotatable bonds is 3. The first kappa shape index (κ1) is 19.9. The Morgan fingerprint density at radius 2 is 1.34 bits per heavy atom. The second-order valence-electron chi connectivity index (χ2n) is 8.45. The van der Waals surface area contributed by atoms with E-state index < -0.39 is 17.5 Å². The second-order valence-corrected chi connectivity index (χ2v) is 8.45. The summed E-state index contributed by atoms with van der Waals surface area (Å²) in [4.78, 5) is 28.7. The topological polar surface area (TPSA) is 85.1 Å². The first-order valence-electron chi connectivity index (χ1n) is 10.2. The Balaban J connectivity index is 1.82. The smallest absolute Gasteiger partial charge is 0.340 e. The standard InChI is InChI=1S/C25H23N3O4/c1-27(2)15-6-9-19-21(12-15)31-22-13-16(28(3)4)7-10-20(22)25(19)18-8-5-14(23(26)29)11-17(18)24(30)32-25/h5-13H,1-4H3,(H2,26,29). The zero-order valence-electron chi connectivity index (χ0n) is 18.3. The van der Waals surface area contributed by atoms with Crippen molar-refractivity contribution in [2.24, 2.45) is 5.73 Å². The molecule has 3 aromatic rings. The number of anilines is 2. The number of nitrogens with zero attached hydrogens (tertiary/aromatic N) is 2. The van der Waals surface area contributed by atoms with E-state index >= 15 is 0 Å². The number of benzene rings is 3. The zero-order chi connectivity index (χ0) is 22.8. The van der Waals surface area contributed by atoms with Gasteiger partial charge in [0.05, 0.1) is 5.56 Å². The zero-order valence-corrected chi connectivity index (χ0v) is 18.3. The highest BCUT2D eigenvalue weighted by Crippen LogP contribution is 2.57. The molecule has 32 heavy (non-hydrogen) atoms. The Labute approximate surface area is 185 Å². The Morgan fingerprint density at radius 3 is 1.84 bits per heavy atom. The van der Waals surface area contributed by atoms with Crippen LogP contribution in [0, 0.1) is 0 Å². The predicted molar refractivity (Wildman–Crippen MR) is 122 cm³/mol. The fraction of sp³-hybridized carbons (Fsp3) is 0.200. The molecule has 5 rings (SSSR count). The first-order valence-corrected chi connectivity index (χ1v) is 10.2. The molecule has 2 aliphatic rings. The number of carbonyl (C=O) groups excluding carboxylic acids is 2. The maximum Gasteiger partial charge on any atom is 0.340 e. The van der Waals surface area contributed by atoms with Crippen molar-refractivity contribution in [1.29, 1.82) is 0 Å². The van der Waals surface area contributed by atoms with E-state index in [4.69, 9.17) is 15.2 Å². The largest absolute Gasteiger partial charge is 0.456 e. The summed E-state index contributed by atoms with van der Waals surface area (Å²) in [5.41, 5.74) is 8.89. The number of nitrogens with two attached hydrogens (primary N) is 1. The highest BCUT2D eigenvalue weighted by atomic mass is 16.6. The highest BCUT2D eigenvalue weighted by Gasteiger charge is 2.53. The van der Waals surface area contributed by atoms with Gasteiger partial charge in [-0.05, 0) is 36.4 Å². The van der Waals surface area contributed by atoms with Crippen molar-refractivity contribution in [1.82, 2.24) is 0 Å². The van der Waals surface area contributed by atoms with Crippen LogP contribution in [0.4, 0.5) is 11.4 Å². The Bertz CT molecular complexity index is 1240. The van der Waals surface area contributed by atoms with Crippen LogP contribution >= 0.6 is 0 Å². The van der Waals surface area contributed by atoms with Crippen molar-refractivity contribution in [3.63, 3.8) is 0 Å². The Morgan fingerprint density at radius 1 is 0.812 bits per heavy atom. The van der Waals surface area contributed by atoms with E-state index in [1.807, 2.05) is 74.4 Å². The third-order valence-electron chi connectivity index (χ3n) is 6.09. The monoisotopic (exact) mass is 429 g/mol. The molecule has 0 aliphatic carbocycles. The molecular formula is C25H23N3O4. The molecule has 0 atom stereocenters. The minimum atomic E-state index is -1.18. The minimum Gasteiger partial charge on any atom is -0.456 e. The summed E-state index contributed by atoms with van der Waals surface area (Å²) in [6, 6.07) is 16.5. The van der Waals surface area contributed by atoms with Crippen LogP contribution in [0.15, 0.2) is 54.6 Å². The molecule has 0 radical (unpaired) electrons. The molecule has 0 bridgehead atoms. The summed E-state index contributed by atoms with van der Waals surface area (Å²) in [5, 5.41) is 0. The molecule has 162 valence electrons. The van der Waals surface area contributed by atoms with Gasteiger partial charge in [-0.2, -0.15) is 0 Å². The van der Waals surface area contributed by atoms with Gasteiger partial charge >= 0.3 is 5.97 Å². The van der Waals surface area contributed by atoms with Gasteiger partial charge in [-0.1, -0.05) is 6.07 Å². The van der Waals surface area contributed by atoms with Crippen LogP contribution in [-0.2, 0) is 10.3 Å². The van der Waals surface area contributed by atoms with E-state index in [1.165, 1.54) is 6.07 Å². The molecule has 7 nitrogen and oxygen atoms in total. The number of ether oxygens (including phenoxy) is 2. The van der Waals surface area contributed by atoms with Crippen LogP contribution in [0.3, 0.4) is 0 Å². The van der Waals surface area contributed by atoms with Crippen LogP contribution in [0.25, 0.3) is 0 Å². The van der Waals surface area contributed by atoms with Crippen molar-refractivity contribution in [3.05, 3.63) is 82.4 Å². The summed E-state index contributed by atoms with van der Waals surface area (Å²) in [7, 11) is 7.81. The minimum absolute atomic E-state index is 0.260. The lowest BCUT2D eigenvalue weighted by Gasteiger charge is -2.37. The molecule has 0 saturated heterocycles. The molecule has 2 aliphatic heterocycles. The van der Waals surface area contributed by atoms with Crippen molar-refractivity contribution < 1.29 is 19.1 Å². The molecule has 1 amide bonds. The van der Waals surface area contributed by atoms with E-state index in [0.717, 1.165) is 22.5 Å². The Kier molecular flexibility index (Phi) is 4.20. The summed E-state index contributed by atoms with van der Waals surface area (Å²) in [5.74, 6) is 0.120. The van der Waals surface area contributed by atoms with Gasteiger partial charge in [0.1, 0.15) is 11.5 Å². The number of fused-ring (bicyclic) bond motifs is 6. The van der Waals surface area contributed by atoms with Crippen LogP contribution in [-0.4, -0.2) is 40.1 Å². The molecule has 0 unspecified atom stereocenters. The SMILES string of the molecule is CN(C)c1ccc2c(c1)Oc1cc(N(C)C)ccc1C21OC(=O)c2cc(C(N)=O)ccc21. The molecule has 2 N–H and O–H groups in total. The fourth-order valence-corrected chi connectivity index (χ4v) is 4.42. The highest BCUT2D eigenvalue weighted by molar-refractivity contribution is 6.01. The second kappa shape index (κ2) is 6.75. The van der Waals surface area contributed by atoms with Crippen molar-refractivity contribution in [2.75, 3.05) is 38.0 Å². The van der Waals surface area contributed by atoms with Crippen molar-refractivity contribution >= 4 is 23.3 Å². The fourth-order valence-electron chi connectivity index (χ4n) is 4.42.